The van der Waals surface area contributed by atoms with E-state index in [2.05, 4.69) is 169 Å². The molecule has 0 amide bonds. The zero-order chi connectivity index (χ0) is 33.7. The van der Waals surface area contributed by atoms with Gasteiger partial charge in [-0.05, 0) is 82.4 Å². The van der Waals surface area contributed by atoms with Gasteiger partial charge in [0.05, 0.1) is 0 Å². The minimum atomic E-state index is 0.855. The van der Waals surface area contributed by atoms with Crippen molar-refractivity contribution in [1.82, 2.24) is 0 Å². The average molecular weight is 654 g/mol. The largest absolute Gasteiger partial charge is 0.456 e. The highest BCUT2D eigenvalue weighted by Crippen LogP contribution is 2.45. The third kappa shape index (κ3) is 4.98. The Labute approximate surface area is 295 Å². The fourth-order valence-corrected chi connectivity index (χ4v) is 7.42. The Morgan fingerprint density at radius 3 is 1.25 bits per heavy atom. The van der Waals surface area contributed by atoms with Gasteiger partial charge in [-0.15, -0.1) is 0 Å². The lowest BCUT2D eigenvalue weighted by atomic mass is 9.98. The second kappa shape index (κ2) is 11.9. The number of hydrogen-bond acceptors (Lipinski definition) is 3. The van der Waals surface area contributed by atoms with Crippen LogP contribution in [0.1, 0.15) is 0 Å². The predicted octanol–water partition coefficient (Wildman–Crippen LogP) is 14.0. The van der Waals surface area contributed by atoms with E-state index in [1.54, 1.807) is 0 Å². The number of nitrogens with zero attached hydrogens (tertiary/aromatic N) is 1. The number of anilines is 3. The van der Waals surface area contributed by atoms with Gasteiger partial charge in [0.1, 0.15) is 22.3 Å². The van der Waals surface area contributed by atoms with Gasteiger partial charge in [-0.25, -0.2) is 0 Å². The molecule has 2 aromatic heterocycles. The van der Waals surface area contributed by atoms with Crippen molar-refractivity contribution in [3.05, 3.63) is 188 Å². The Bertz CT molecular complexity index is 2730. The fourth-order valence-electron chi connectivity index (χ4n) is 7.42. The molecule has 0 aliphatic rings. The molecule has 0 spiro atoms. The molecule has 51 heavy (non-hydrogen) atoms. The van der Waals surface area contributed by atoms with Crippen LogP contribution >= 0.6 is 0 Å². The number of furan rings is 2. The third-order valence-corrected chi connectivity index (χ3v) is 9.89. The van der Waals surface area contributed by atoms with Crippen LogP contribution in [0.5, 0.6) is 0 Å². The normalized spacial score (nSPS) is 11.5. The van der Waals surface area contributed by atoms with Crippen LogP contribution in [0.2, 0.25) is 0 Å². The van der Waals surface area contributed by atoms with Crippen molar-refractivity contribution in [2.45, 2.75) is 0 Å². The van der Waals surface area contributed by atoms with E-state index in [9.17, 15) is 0 Å². The van der Waals surface area contributed by atoms with E-state index < -0.39 is 0 Å². The zero-order valence-electron chi connectivity index (χ0n) is 27.7. The minimum absolute atomic E-state index is 0.855. The molecule has 3 heteroatoms. The molecule has 0 radical (unpaired) electrons. The summed E-state index contributed by atoms with van der Waals surface area (Å²) in [6.45, 7) is 0. The van der Waals surface area contributed by atoms with Gasteiger partial charge >= 0.3 is 0 Å². The van der Waals surface area contributed by atoms with Gasteiger partial charge in [-0.3, -0.25) is 0 Å². The van der Waals surface area contributed by atoms with Gasteiger partial charge in [-0.1, -0.05) is 133 Å². The summed E-state index contributed by atoms with van der Waals surface area (Å²) < 4.78 is 13.1. The van der Waals surface area contributed by atoms with Crippen LogP contribution in [-0.2, 0) is 0 Å². The molecule has 0 aliphatic carbocycles. The van der Waals surface area contributed by atoms with Gasteiger partial charge < -0.3 is 13.7 Å². The predicted molar refractivity (Wildman–Crippen MR) is 212 cm³/mol. The van der Waals surface area contributed by atoms with Crippen LogP contribution in [0.25, 0.3) is 77.3 Å². The van der Waals surface area contributed by atoms with Crippen molar-refractivity contribution in [3.8, 4) is 33.4 Å². The zero-order valence-corrected chi connectivity index (χ0v) is 27.7. The summed E-state index contributed by atoms with van der Waals surface area (Å²) in [5.41, 5.74) is 13.5. The van der Waals surface area contributed by atoms with Gasteiger partial charge in [0.2, 0.25) is 0 Å². The van der Waals surface area contributed by atoms with Crippen molar-refractivity contribution in [1.29, 1.82) is 0 Å². The maximum atomic E-state index is 6.62. The summed E-state index contributed by atoms with van der Waals surface area (Å²) in [6.07, 6.45) is 0. The minimum Gasteiger partial charge on any atom is -0.456 e. The molecule has 10 aromatic rings. The summed E-state index contributed by atoms with van der Waals surface area (Å²) in [7, 11) is 0. The summed E-state index contributed by atoms with van der Waals surface area (Å²) in [4.78, 5) is 2.31. The van der Waals surface area contributed by atoms with Crippen LogP contribution in [0.4, 0.5) is 17.1 Å². The molecule has 10 rings (SSSR count). The molecule has 0 saturated carbocycles. The number of para-hydroxylation sites is 2. The van der Waals surface area contributed by atoms with Crippen molar-refractivity contribution in [2.24, 2.45) is 0 Å². The molecule has 0 unspecified atom stereocenters. The Kier molecular flexibility index (Phi) is 6.81. The Morgan fingerprint density at radius 2 is 0.725 bits per heavy atom. The maximum Gasteiger partial charge on any atom is 0.144 e. The fraction of sp³-hybridized carbons (Fsp3) is 0. The number of fused-ring (bicyclic) bond motifs is 7. The first-order valence-electron chi connectivity index (χ1n) is 17.3. The smallest absolute Gasteiger partial charge is 0.144 e. The van der Waals surface area contributed by atoms with Crippen LogP contribution in [-0.4, -0.2) is 0 Å². The number of rotatable bonds is 6. The Hall–Kier alpha value is -6.84. The van der Waals surface area contributed by atoms with E-state index in [1.165, 1.54) is 22.3 Å². The molecular formula is C48H31NO2. The quantitative estimate of drug-likeness (QED) is 0.179. The Balaban J connectivity index is 1.10. The highest BCUT2D eigenvalue weighted by atomic mass is 16.3. The molecule has 3 nitrogen and oxygen atoms in total. The van der Waals surface area contributed by atoms with E-state index in [4.69, 9.17) is 8.83 Å². The van der Waals surface area contributed by atoms with Crippen molar-refractivity contribution < 1.29 is 8.83 Å². The second-order valence-electron chi connectivity index (χ2n) is 12.9. The van der Waals surface area contributed by atoms with E-state index in [1.807, 2.05) is 24.3 Å². The molecule has 8 aromatic carbocycles. The van der Waals surface area contributed by atoms with Gasteiger partial charge in [0, 0.05) is 44.2 Å². The summed E-state index contributed by atoms with van der Waals surface area (Å²) in [5, 5.41) is 4.37. The molecular weight excluding hydrogens is 623 g/mol. The molecule has 0 saturated heterocycles. The first-order valence-corrected chi connectivity index (χ1v) is 17.3. The first-order chi connectivity index (χ1) is 25.3. The highest BCUT2D eigenvalue weighted by molar-refractivity contribution is 6.28. The topological polar surface area (TPSA) is 29.5 Å². The van der Waals surface area contributed by atoms with E-state index in [-0.39, 0.29) is 0 Å². The second-order valence-corrected chi connectivity index (χ2v) is 12.9. The highest BCUT2D eigenvalue weighted by Gasteiger charge is 2.21. The first kappa shape index (κ1) is 29.1. The van der Waals surface area contributed by atoms with Crippen LogP contribution in [0.15, 0.2) is 197 Å². The van der Waals surface area contributed by atoms with Crippen LogP contribution in [0.3, 0.4) is 0 Å². The standard InChI is InChI=1S/C48H31NO2/c1-3-11-32(12-4-1)34-19-25-37(26-20-34)49(38-27-21-35(22-28-38)33-13-5-2-6-14-33)39-29-23-36(24-30-39)42-31-45-46(40-15-7-9-17-43(40)50-45)47-41-16-8-10-18-44(41)51-48(42)47/h1-31H. The lowest BCUT2D eigenvalue weighted by Crippen LogP contribution is -2.09. The summed E-state index contributed by atoms with van der Waals surface area (Å²) >= 11 is 0. The average Bonchev–Trinajstić information content (AvgIpc) is 3.78. The van der Waals surface area contributed by atoms with Crippen molar-refractivity contribution in [3.63, 3.8) is 0 Å². The lowest BCUT2D eigenvalue weighted by molar-refractivity contribution is 0.664. The van der Waals surface area contributed by atoms with Gasteiger partial charge in [-0.2, -0.15) is 0 Å². The summed E-state index contributed by atoms with van der Waals surface area (Å²) in [6, 6.07) is 66.1. The Morgan fingerprint density at radius 1 is 0.314 bits per heavy atom. The maximum absolute atomic E-state index is 6.62. The SMILES string of the molecule is c1ccc(-c2ccc(N(c3ccc(-c4ccccc4)cc3)c3ccc(-c4cc5oc6ccccc6c5c5c4oc4ccccc45)cc3)cc2)cc1. The molecule has 2 heterocycles. The van der Waals surface area contributed by atoms with Crippen molar-refractivity contribution in [2.75, 3.05) is 4.90 Å². The van der Waals surface area contributed by atoms with E-state index in [0.717, 1.165) is 72.1 Å². The van der Waals surface area contributed by atoms with Crippen molar-refractivity contribution >= 4 is 60.9 Å². The van der Waals surface area contributed by atoms with E-state index >= 15 is 0 Å². The lowest BCUT2D eigenvalue weighted by Gasteiger charge is -2.26. The van der Waals surface area contributed by atoms with Gasteiger partial charge in [0.25, 0.3) is 0 Å². The third-order valence-electron chi connectivity index (χ3n) is 9.89. The molecule has 0 atom stereocenters. The molecule has 0 fully saturated rings. The van der Waals surface area contributed by atoms with E-state index in [0.29, 0.717) is 0 Å². The number of benzene rings is 8. The monoisotopic (exact) mass is 653 g/mol. The summed E-state index contributed by atoms with van der Waals surface area (Å²) in [5.74, 6) is 0. The molecule has 0 N–H and O–H groups in total. The molecule has 0 bridgehead atoms. The number of hydrogen-bond donors (Lipinski definition) is 0. The van der Waals surface area contributed by atoms with Crippen LogP contribution < -0.4 is 4.90 Å². The van der Waals surface area contributed by atoms with Gasteiger partial charge in [0.15, 0.2) is 0 Å². The van der Waals surface area contributed by atoms with Crippen LogP contribution in [0, 0.1) is 0 Å². The molecule has 0 aliphatic heterocycles. The molecule has 240 valence electrons.